The van der Waals surface area contributed by atoms with Crippen molar-refractivity contribution in [3.63, 3.8) is 0 Å². The van der Waals surface area contributed by atoms with E-state index in [0.29, 0.717) is 30.4 Å². The fourth-order valence-corrected chi connectivity index (χ4v) is 1.36. The first-order valence-electron chi connectivity index (χ1n) is 5.96. The summed E-state index contributed by atoms with van der Waals surface area (Å²) in [6, 6.07) is 5.16. The molecule has 0 aromatic heterocycles. The number of anilines is 1. The van der Waals surface area contributed by atoms with Crippen molar-refractivity contribution in [1.82, 2.24) is 4.90 Å². The lowest BCUT2D eigenvalue weighted by atomic mass is 10.2. The molecule has 0 aliphatic rings. The highest BCUT2D eigenvalue weighted by Crippen LogP contribution is 2.30. The van der Waals surface area contributed by atoms with Crippen LogP contribution in [-0.4, -0.2) is 38.2 Å². The van der Waals surface area contributed by atoms with E-state index in [0.717, 1.165) is 0 Å². The molecule has 1 aromatic carbocycles. The molecule has 1 N–H and O–H groups in total. The third kappa shape index (κ3) is 3.84. The topological polar surface area (TPSA) is 50.8 Å². The minimum Gasteiger partial charge on any atom is -0.490 e. The molecule has 0 fully saturated rings. The van der Waals surface area contributed by atoms with Gasteiger partial charge in [0.25, 0.3) is 0 Å². The number of amides is 2. The number of rotatable bonds is 5. The number of urea groups is 1. The van der Waals surface area contributed by atoms with Gasteiger partial charge in [0.15, 0.2) is 11.5 Å². The second-order valence-electron chi connectivity index (χ2n) is 3.85. The van der Waals surface area contributed by atoms with E-state index in [-0.39, 0.29) is 6.03 Å². The van der Waals surface area contributed by atoms with E-state index in [1.165, 1.54) is 4.90 Å². The standard InChI is InChI=1S/C13H20N2O3/c1-5-17-11-8-7-10(9-12(11)18-6-2)14-13(16)15(3)4/h7-9H,5-6H2,1-4H3,(H,14,16). The molecule has 0 unspecified atom stereocenters. The van der Waals surface area contributed by atoms with E-state index in [2.05, 4.69) is 5.32 Å². The molecule has 0 spiro atoms. The van der Waals surface area contributed by atoms with Crippen molar-refractivity contribution >= 4 is 11.7 Å². The average Bonchev–Trinajstić information content (AvgIpc) is 2.33. The number of nitrogens with zero attached hydrogens (tertiary/aromatic N) is 1. The number of benzene rings is 1. The summed E-state index contributed by atoms with van der Waals surface area (Å²) in [6.07, 6.45) is 0. The Hall–Kier alpha value is -1.91. The highest BCUT2D eigenvalue weighted by molar-refractivity contribution is 5.89. The van der Waals surface area contributed by atoms with Gasteiger partial charge in [0, 0.05) is 25.8 Å². The summed E-state index contributed by atoms with van der Waals surface area (Å²) >= 11 is 0. The van der Waals surface area contributed by atoms with Gasteiger partial charge in [0.05, 0.1) is 13.2 Å². The molecular weight excluding hydrogens is 232 g/mol. The van der Waals surface area contributed by atoms with Gasteiger partial charge < -0.3 is 19.7 Å². The molecule has 100 valence electrons. The van der Waals surface area contributed by atoms with Crippen molar-refractivity contribution in [2.24, 2.45) is 0 Å². The van der Waals surface area contributed by atoms with Crippen LogP contribution in [0.25, 0.3) is 0 Å². The molecule has 0 bridgehead atoms. The summed E-state index contributed by atoms with van der Waals surface area (Å²) < 4.78 is 10.9. The van der Waals surface area contributed by atoms with E-state index in [9.17, 15) is 4.79 Å². The molecule has 1 aromatic rings. The zero-order chi connectivity index (χ0) is 13.5. The van der Waals surface area contributed by atoms with Gasteiger partial charge in [-0.25, -0.2) is 4.79 Å². The van der Waals surface area contributed by atoms with Crippen LogP contribution in [0.4, 0.5) is 10.5 Å². The third-order valence-corrected chi connectivity index (χ3v) is 2.20. The Balaban J connectivity index is 2.88. The summed E-state index contributed by atoms with van der Waals surface area (Å²) in [7, 11) is 3.38. The Morgan fingerprint density at radius 3 is 2.33 bits per heavy atom. The summed E-state index contributed by atoms with van der Waals surface area (Å²) in [4.78, 5) is 13.0. The molecule has 5 heteroatoms. The molecule has 18 heavy (non-hydrogen) atoms. The second kappa shape index (κ2) is 6.74. The van der Waals surface area contributed by atoms with E-state index >= 15 is 0 Å². The fourth-order valence-electron chi connectivity index (χ4n) is 1.36. The van der Waals surface area contributed by atoms with Crippen LogP contribution in [0.2, 0.25) is 0 Å². The lowest BCUT2D eigenvalue weighted by molar-refractivity contribution is 0.230. The van der Waals surface area contributed by atoms with E-state index in [4.69, 9.17) is 9.47 Å². The summed E-state index contributed by atoms with van der Waals surface area (Å²) in [5.74, 6) is 1.32. The maximum atomic E-state index is 11.5. The van der Waals surface area contributed by atoms with Crippen molar-refractivity contribution < 1.29 is 14.3 Å². The second-order valence-corrected chi connectivity index (χ2v) is 3.85. The first-order valence-corrected chi connectivity index (χ1v) is 5.96. The molecule has 1 rings (SSSR count). The van der Waals surface area contributed by atoms with E-state index in [1.807, 2.05) is 13.8 Å². The van der Waals surface area contributed by atoms with Gasteiger partial charge in [-0.15, -0.1) is 0 Å². The highest BCUT2D eigenvalue weighted by Gasteiger charge is 2.09. The molecule has 0 aliphatic heterocycles. The lowest BCUT2D eigenvalue weighted by Gasteiger charge is -2.15. The molecule has 0 saturated heterocycles. The molecule has 2 amide bonds. The van der Waals surface area contributed by atoms with Gasteiger partial charge in [-0.3, -0.25) is 0 Å². The van der Waals surface area contributed by atoms with E-state index < -0.39 is 0 Å². The average molecular weight is 252 g/mol. The van der Waals surface area contributed by atoms with Gasteiger partial charge >= 0.3 is 6.03 Å². The Morgan fingerprint density at radius 2 is 1.78 bits per heavy atom. The van der Waals surface area contributed by atoms with Crippen molar-refractivity contribution in [1.29, 1.82) is 0 Å². The van der Waals surface area contributed by atoms with Crippen LogP contribution in [0, 0.1) is 0 Å². The largest absolute Gasteiger partial charge is 0.490 e. The zero-order valence-corrected chi connectivity index (χ0v) is 11.3. The number of nitrogens with one attached hydrogen (secondary N) is 1. The van der Waals surface area contributed by atoms with Crippen LogP contribution in [0.3, 0.4) is 0 Å². The number of hydrogen-bond donors (Lipinski definition) is 1. The Labute approximate surface area is 108 Å². The predicted octanol–water partition coefficient (Wildman–Crippen LogP) is 2.58. The zero-order valence-electron chi connectivity index (χ0n) is 11.3. The van der Waals surface area contributed by atoms with Crippen molar-refractivity contribution in [2.75, 3.05) is 32.6 Å². The van der Waals surface area contributed by atoms with Crippen LogP contribution in [-0.2, 0) is 0 Å². The highest BCUT2D eigenvalue weighted by atomic mass is 16.5. The number of ether oxygens (including phenoxy) is 2. The number of carbonyl (C=O) groups excluding carboxylic acids is 1. The van der Waals surface area contributed by atoms with Crippen LogP contribution in [0.1, 0.15) is 13.8 Å². The van der Waals surface area contributed by atoms with Crippen LogP contribution >= 0.6 is 0 Å². The first kappa shape index (κ1) is 14.2. The van der Waals surface area contributed by atoms with Crippen molar-refractivity contribution in [3.8, 4) is 11.5 Å². The maximum Gasteiger partial charge on any atom is 0.321 e. The molecule has 0 radical (unpaired) electrons. The lowest BCUT2D eigenvalue weighted by Crippen LogP contribution is -2.27. The van der Waals surface area contributed by atoms with Crippen LogP contribution in [0.5, 0.6) is 11.5 Å². The van der Waals surface area contributed by atoms with Gasteiger partial charge in [-0.2, -0.15) is 0 Å². The minimum absolute atomic E-state index is 0.179. The van der Waals surface area contributed by atoms with E-state index in [1.54, 1.807) is 32.3 Å². The third-order valence-electron chi connectivity index (χ3n) is 2.20. The van der Waals surface area contributed by atoms with Crippen molar-refractivity contribution in [3.05, 3.63) is 18.2 Å². The Morgan fingerprint density at radius 1 is 1.17 bits per heavy atom. The summed E-state index contributed by atoms with van der Waals surface area (Å²) in [6.45, 7) is 4.94. The molecule has 0 atom stereocenters. The molecule has 0 aliphatic carbocycles. The quantitative estimate of drug-likeness (QED) is 0.876. The monoisotopic (exact) mass is 252 g/mol. The Kier molecular flexibility index (Phi) is 5.30. The van der Waals surface area contributed by atoms with Gasteiger partial charge in [-0.05, 0) is 26.0 Å². The fraction of sp³-hybridized carbons (Fsp3) is 0.462. The van der Waals surface area contributed by atoms with Crippen LogP contribution in [0.15, 0.2) is 18.2 Å². The normalized spacial score (nSPS) is 9.78. The number of hydrogen-bond acceptors (Lipinski definition) is 3. The SMILES string of the molecule is CCOc1ccc(NC(=O)N(C)C)cc1OCC. The molecular formula is C13H20N2O3. The van der Waals surface area contributed by atoms with Gasteiger partial charge in [0.1, 0.15) is 0 Å². The summed E-state index contributed by atoms with van der Waals surface area (Å²) in [5, 5.41) is 2.76. The Bertz CT molecular complexity index is 405. The molecule has 5 nitrogen and oxygen atoms in total. The molecule has 0 saturated carbocycles. The van der Waals surface area contributed by atoms with Crippen LogP contribution < -0.4 is 14.8 Å². The van der Waals surface area contributed by atoms with Gasteiger partial charge in [-0.1, -0.05) is 0 Å². The predicted molar refractivity (Wildman–Crippen MR) is 71.5 cm³/mol. The first-order chi connectivity index (χ1) is 8.58. The summed E-state index contributed by atoms with van der Waals surface area (Å²) in [5.41, 5.74) is 0.681. The smallest absolute Gasteiger partial charge is 0.321 e. The van der Waals surface area contributed by atoms with Crippen molar-refractivity contribution in [2.45, 2.75) is 13.8 Å². The maximum absolute atomic E-state index is 11.5. The molecule has 0 heterocycles. The van der Waals surface area contributed by atoms with Gasteiger partial charge in [0.2, 0.25) is 0 Å². The minimum atomic E-state index is -0.179. The number of carbonyl (C=O) groups is 1.